The van der Waals surface area contributed by atoms with Crippen LogP contribution >= 0.6 is 0 Å². The highest BCUT2D eigenvalue weighted by atomic mass is 32.2. The number of carbonyl (C=O) groups is 1. The zero-order chi connectivity index (χ0) is 30.7. The van der Waals surface area contributed by atoms with Gasteiger partial charge in [0.1, 0.15) is 5.82 Å². The van der Waals surface area contributed by atoms with Crippen LogP contribution in [-0.4, -0.2) is 50.7 Å². The van der Waals surface area contributed by atoms with E-state index in [9.17, 15) is 44.1 Å². The fourth-order valence-corrected chi connectivity index (χ4v) is 6.57. The molecule has 1 aliphatic carbocycles. The lowest BCUT2D eigenvalue weighted by Crippen LogP contribution is -2.50. The standard InChI is InChI=1S/C20H21FN2O2S.C9H5F7/c21-17-3-5-18(6-4-17)26(25)19-10-16(11-19)20(24)23-9-7-15(13-23)14-2-1-8-22-12-14;10-7(8(11,12)13,9(14,15)16)6-4-2-1-3-5-6/h1-6,8,12,15-16,19H,7,9-11,13H2;1-5H. The third-order valence-corrected chi connectivity index (χ3v) is 9.13. The maximum absolute atomic E-state index is 13.3. The molecule has 0 bridgehead atoms. The van der Waals surface area contributed by atoms with Gasteiger partial charge in [-0.25, -0.2) is 8.78 Å². The van der Waals surface area contributed by atoms with E-state index in [1.165, 1.54) is 23.8 Å². The van der Waals surface area contributed by atoms with Crippen LogP contribution < -0.4 is 0 Å². The summed E-state index contributed by atoms with van der Waals surface area (Å²) in [5.74, 6) is 0.183. The molecule has 0 N–H and O–H groups in total. The van der Waals surface area contributed by atoms with Gasteiger partial charge in [-0.3, -0.25) is 14.0 Å². The molecule has 13 heteroatoms. The molecule has 1 aromatic heterocycles. The molecule has 0 spiro atoms. The fraction of sp³-hybridized carbons (Fsp3) is 0.379. The van der Waals surface area contributed by atoms with E-state index in [1.54, 1.807) is 18.3 Å². The summed E-state index contributed by atoms with van der Waals surface area (Å²) in [6.45, 7) is 1.52. The van der Waals surface area contributed by atoms with Crippen LogP contribution in [-0.2, 0) is 21.3 Å². The predicted octanol–water partition coefficient (Wildman–Crippen LogP) is 7.10. The first-order valence-electron chi connectivity index (χ1n) is 12.9. The van der Waals surface area contributed by atoms with Crippen LogP contribution in [0.15, 0.2) is 84.0 Å². The second-order valence-electron chi connectivity index (χ2n) is 10.1. The van der Waals surface area contributed by atoms with Crippen molar-refractivity contribution in [2.75, 3.05) is 13.1 Å². The molecule has 226 valence electrons. The summed E-state index contributed by atoms with van der Waals surface area (Å²) in [7, 11) is -1.17. The molecule has 5 rings (SSSR count). The van der Waals surface area contributed by atoms with Gasteiger partial charge in [-0.05, 0) is 55.2 Å². The number of nitrogens with zero attached hydrogens (tertiary/aromatic N) is 2. The molecule has 1 aliphatic heterocycles. The lowest BCUT2D eigenvalue weighted by molar-refractivity contribution is -0.348. The Kier molecular flexibility index (Phi) is 9.39. The zero-order valence-corrected chi connectivity index (χ0v) is 22.7. The summed E-state index contributed by atoms with van der Waals surface area (Å²) in [6.07, 6.45) is -6.19. The largest absolute Gasteiger partial charge is 0.435 e. The van der Waals surface area contributed by atoms with Crippen molar-refractivity contribution in [2.24, 2.45) is 5.92 Å². The Morgan fingerprint density at radius 3 is 2.02 bits per heavy atom. The molecule has 42 heavy (non-hydrogen) atoms. The molecule has 2 heterocycles. The van der Waals surface area contributed by atoms with Gasteiger partial charge in [0.25, 0.3) is 0 Å². The number of hydrogen-bond donors (Lipinski definition) is 0. The minimum atomic E-state index is -6.05. The van der Waals surface area contributed by atoms with E-state index in [2.05, 4.69) is 11.1 Å². The average molecular weight is 619 g/mol. The molecule has 0 radical (unpaired) electrons. The van der Waals surface area contributed by atoms with E-state index in [-0.39, 0.29) is 22.9 Å². The highest BCUT2D eigenvalue weighted by Crippen LogP contribution is 2.53. The molecule has 3 aromatic rings. The van der Waals surface area contributed by atoms with Crippen LogP contribution in [0.3, 0.4) is 0 Å². The van der Waals surface area contributed by atoms with Gasteiger partial charge in [-0.1, -0.05) is 36.4 Å². The summed E-state index contributed by atoms with van der Waals surface area (Å²) in [4.78, 5) is 19.5. The van der Waals surface area contributed by atoms with E-state index in [4.69, 9.17) is 0 Å². The normalized spacial score (nSPS) is 21.6. The summed E-state index contributed by atoms with van der Waals surface area (Å²) in [5, 5.41) is -0.00821. The van der Waals surface area contributed by atoms with Gasteiger partial charge >= 0.3 is 18.0 Å². The summed E-state index contributed by atoms with van der Waals surface area (Å²) < 4.78 is 112. The van der Waals surface area contributed by atoms with Crippen molar-refractivity contribution in [1.29, 1.82) is 0 Å². The van der Waals surface area contributed by atoms with Crippen molar-refractivity contribution in [3.05, 3.63) is 96.1 Å². The lowest BCUT2D eigenvalue weighted by Gasteiger charge is -2.36. The Morgan fingerprint density at radius 1 is 0.857 bits per heavy atom. The Hall–Kier alpha value is -3.35. The van der Waals surface area contributed by atoms with E-state index in [0.29, 0.717) is 35.8 Å². The lowest BCUT2D eigenvalue weighted by atomic mass is 9.83. The van der Waals surface area contributed by atoms with Gasteiger partial charge < -0.3 is 4.90 Å². The molecule has 2 atom stereocenters. The third kappa shape index (κ3) is 6.66. The van der Waals surface area contributed by atoms with Crippen LogP contribution in [0.5, 0.6) is 0 Å². The predicted molar refractivity (Wildman–Crippen MR) is 139 cm³/mol. The van der Waals surface area contributed by atoms with E-state index < -0.39 is 34.4 Å². The van der Waals surface area contributed by atoms with Crippen LogP contribution in [0.2, 0.25) is 0 Å². The molecule has 1 saturated heterocycles. The van der Waals surface area contributed by atoms with Gasteiger partial charge in [0.2, 0.25) is 5.91 Å². The SMILES string of the molecule is FC(F)(F)C(F)(c1ccccc1)C(F)(F)F.O=C(C1CC(S(=O)c2ccc(F)cc2)C1)N1CCC(c2cccnc2)C1. The molecule has 2 aromatic carbocycles. The van der Waals surface area contributed by atoms with E-state index >= 15 is 0 Å². The number of hydrogen-bond acceptors (Lipinski definition) is 3. The van der Waals surface area contributed by atoms with E-state index in [1.807, 2.05) is 17.2 Å². The average Bonchev–Trinajstić information content (AvgIpc) is 3.43. The van der Waals surface area contributed by atoms with Crippen molar-refractivity contribution in [1.82, 2.24) is 9.88 Å². The zero-order valence-electron chi connectivity index (χ0n) is 21.9. The number of likely N-dealkylation sites (tertiary alicyclic amines) is 1. The minimum absolute atomic E-state index is 0.00821. The number of carbonyl (C=O) groups excluding carboxylic acids is 1. The minimum Gasteiger partial charge on any atom is -0.342 e. The monoisotopic (exact) mass is 618 g/mol. The Labute approximate surface area is 239 Å². The van der Waals surface area contributed by atoms with Crippen molar-refractivity contribution in [3.63, 3.8) is 0 Å². The van der Waals surface area contributed by atoms with Gasteiger partial charge in [0, 0.05) is 53.0 Å². The highest BCUT2D eigenvalue weighted by molar-refractivity contribution is 7.85. The Balaban J connectivity index is 0.000000219. The quantitative estimate of drug-likeness (QED) is 0.287. The fourth-order valence-electron chi connectivity index (χ4n) is 4.97. The first kappa shape index (κ1) is 31.6. The molecular formula is C29H26F8N2O2S. The maximum atomic E-state index is 13.3. The molecule has 2 unspecified atom stereocenters. The number of benzene rings is 2. The van der Waals surface area contributed by atoms with Crippen molar-refractivity contribution < 1.29 is 44.1 Å². The number of halogens is 8. The van der Waals surface area contributed by atoms with E-state index in [0.717, 1.165) is 31.6 Å². The van der Waals surface area contributed by atoms with Crippen molar-refractivity contribution in [2.45, 2.75) is 53.3 Å². The topological polar surface area (TPSA) is 50.3 Å². The third-order valence-electron chi connectivity index (χ3n) is 7.40. The summed E-state index contributed by atoms with van der Waals surface area (Å²) >= 11 is 0. The molecule has 1 saturated carbocycles. The molecule has 1 amide bonds. The van der Waals surface area contributed by atoms with Crippen LogP contribution in [0, 0.1) is 11.7 Å². The van der Waals surface area contributed by atoms with Crippen LogP contribution in [0.1, 0.15) is 36.3 Å². The van der Waals surface area contributed by atoms with Crippen molar-refractivity contribution >= 4 is 16.7 Å². The smallest absolute Gasteiger partial charge is 0.342 e. The highest BCUT2D eigenvalue weighted by Gasteiger charge is 2.73. The Morgan fingerprint density at radius 2 is 1.48 bits per heavy atom. The maximum Gasteiger partial charge on any atom is 0.435 e. The molecule has 2 fully saturated rings. The first-order chi connectivity index (χ1) is 19.7. The molecule has 2 aliphatic rings. The van der Waals surface area contributed by atoms with Crippen LogP contribution in [0.4, 0.5) is 35.1 Å². The number of pyridine rings is 1. The molecule has 4 nitrogen and oxygen atoms in total. The number of amides is 1. The summed E-state index contributed by atoms with van der Waals surface area (Å²) in [6, 6.07) is 13.7. The number of aromatic nitrogens is 1. The number of rotatable bonds is 5. The molecular weight excluding hydrogens is 592 g/mol. The van der Waals surface area contributed by atoms with Gasteiger partial charge in [0.05, 0.1) is 10.8 Å². The van der Waals surface area contributed by atoms with Crippen LogP contribution in [0.25, 0.3) is 0 Å². The summed E-state index contributed by atoms with van der Waals surface area (Å²) in [5.41, 5.74) is -5.62. The second kappa shape index (κ2) is 12.5. The van der Waals surface area contributed by atoms with Gasteiger partial charge in [-0.15, -0.1) is 0 Å². The van der Waals surface area contributed by atoms with Gasteiger partial charge in [0.15, 0.2) is 0 Å². The number of alkyl halides is 7. The second-order valence-corrected chi connectivity index (χ2v) is 11.9. The first-order valence-corrected chi connectivity index (χ1v) is 14.2. The Bertz CT molecular complexity index is 1350. The van der Waals surface area contributed by atoms with Gasteiger partial charge in [-0.2, -0.15) is 26.3 Å². The van der Waals surface area contributed by atoms with Crippen molar-refractivity contribution in [3.8, 4) is 0 Å².